The molecule has 0 bridgehead atoms. The lowest BCUT2D eigenvalue weighted by Crippen LogP contribution is -2.51. The van der Waals surface area contributed by atoms with Crippen LogP contribution >= 0.6 is 0 Å². The summed E-state index contributed by atoms with van der Waals surface area (Å²) in [6, 6.07) is 8.83. The first-order chi connectivity index (χ1) is 11.7. The van der Waals surface area contributed by atoms with E-state index in [-0.39, 0.29) is 0 Å². The van der Waals surface area contributed by atoms with Gasteiger partial charge in [-0.1, -0.05) is 12.1 Å². The molecule has 6 nitrogen and oxygen atoms in total. The van der Waals surface area contributed by atoms with Crippen LogP contribution < -0.4 is 10.6 Å². The van der Waals surface area contributed by atoms with Crippen LogP contribution in [-0.4, -0.2) is 47.1 Å². The Morgan fingerprint density at radius 2 is 2.21 bits per heavy atom. The summed E-state index contributed by atoms with van der Waals surface area (Å²) in [6.45, 7) is 3.92. The predicted octanol–water partition coefficient (Wildman–Crippen LogP) is 2.05. The fourth-order valence-electron chi connectivity index (χ4n) is 3.92. The van der Waals surface area contributed by atoms with E-state index < -0.39 is 0 Å². The van der Waals surface area contributed by atoms with Gasteiger partial charge in [-0.25, -0.2) is 4.98 Å². The van der Waals surface area contributed by atoms with Gasteiger partial charge in [0.25, 0.3) is 0 Å². The molecular formula is C18H25N5O. The van der Waals surface area contributed by atoms with Crippen molar-refractivity contribution in [2.24, 2.45) is 12.5 Å². The second-order valence-electron chi connectivity index (χ2n) is 7.11. The van der Waals surface area contributed by atoms with Gasteiger partial charge in [-0.15, -0.1) is 0 Å². The van der Waals surface area contributed by atoms with Crippen molar-refractivity contribution in [1.82, 2.24) is 20.1 Å². The molecule has 2 fully saturated rings. The molecule has 1 aromatic heterocycles. The van der Waals surface area contributed by atoms with Gasteiger partial charge < -0.3 is 15.4 Å². The third-order valence-corrected chi connectivity index (χ3v) is 5.21. The zero-order chi connectivity index (χ0) is 16.4. The summed E-state index contributed by atoms with van der Waals surface area (Å²) in [5.41, 5.74) is 2.58. The molecule has 0 radical (unpaired) electrons. The second-order valence-corrected chi connectivity index (χ2v) is 7.11. The maximum absolute atomic E-state index is 5.55. The highest BCUT2D eigenvalue weighted by molar-refractivity contribution is 5.62. The van der Waals surface area contributed by atoms with Gasteiger partial charge in [0.1, 0.15) is 6.33 Å². The van der Waals surface area contributed by atoms with E-state index in [0.29, 0.717) is 11.5 Å². The summed E-state index contributed by atoms with van der Waals surface area (Å²) in [4.78, 5) is 4.34. The van der Waals surface area contributed by atoms with E-state index in [2.05, 4.69) is 45.0 Å². The van der Waals surface area contributed by atoms with Crippen LogP contribution in [0.2, 0.25) is 0 Å². The molecule has 2 N–H and O–H groups in total. The molecule has 4 rings (SSSR count). The molecule has 128 valence electrons. The minimum absolute atomic E-state index is 0.397. The lowest BCUT2D eigenvalue weighted by molar-refractivity contribution is 0.000376. The van der Waals surface area contributed by atoms with Gasteiger partial charge in [0.15, 0.2) is 5.82 Å². The SMILES string of the molecule is Cn1cnc(-c2cccc(NC3CNCC4(CCOCC4)C3)c2)n1. The number of rotatable bonds is 3. The molecule has 0 aliphatic carbocycles. The van der Waals surface area contributed by atoms with E-state index in [1.54, 1.807) is 11.0 Å². The van der Waals surface area contributed by atoms with Gasteiger partial charge in [0.2, 0.25) is 0 Å². The monoisotopic (exact) mass is 327 g/mol. The van der Waals surface area contributed by atoms with Crippen molar-refractivity contribution in [1.29, 1.82) is 0 Å². The average molecular weight is 327 g/mol. The van der Waals surface area contributed by atoms with Crippen LogP contribution in [0.1, 0.15) is 19.3 Å². The van der Waals surface area contributed by atoms with E-state index in [1.807, 2.05) is 7.05 Å². The minimum atomic E-state index is 0.397. The van der Waals surface area contributed by atoms with Crippen LogP contribution in [0.25, 0.3) is 11.4 Å². The first kappa shape index (κ1) is 15.6. The van der Waals surface area contributed by atoms with Crippen molar-refractivity contribution < 1.29 is 4.74 Å². The van der Waals surface area contributed by atoms with Gasteiger partial charge in [0, 0.05) is 50.6 Å². The molecule has 24 heavy (non-hydrogen) atoms. The lowest BCUT2D eigenvalue weighted by Gasteiger charge is -2.44. The van der Waals surface area contributed by atoms with Gasteiger partial charge in [-0.05, 0) is 36.8 Å². The number of nitrogens with one attached hydrogen (secondary N) is 2. The Morgan fingerprint density at radius 1 is 1.33 bits per heavy atom. The number of ether oxygens (including phenoxy) is 1. The van der Waals surface area contributed by atoms with Crippen LogP contribution in [0.4, 0.5) is 5.69 Å². The largest absolute Gasteiger partial charge is 0.381 e. The third kappa shape index (κ3) is 3.30. The lowest BCUT2D eigenvalue weighted by atomic mass is 9.73. The van der Waals surface area contributed by atoms with Crippen molar-refractivity contribution >= 4 is 5.69 Å². The van der Waals surface area contributed by atoms with E-state index >= 15 is 0 Å². The number of nitrogens with zero attached hydrogens (tertiary/aromatic N) is 3. The average Bonchev–Trinajstić information content (AvgIpc) is 3.02. The number of hydrogen-bond acceptors (Lipinski definition) is 5. The molecule has 2 aliphatic heterocycles. The highest BCUT2D eigenvalue weighted by Crippen LogP contribution is 2.37. The fourth-order valence-corrected chi connectivity index (χ4v) is 3.92. The van der Waals surface area contributed by atoms with Crippen molar-refractivity contribution in [2.75, 3.05) is 31.6 Å². The highest BCUT2D eigenvalue weighted by Gasteiger charge is 2.37. The van der Waals surface area contributed by atoms with Crippen LogP contribution in [0.15, 0.2) is 30.6 Å². The zero-order valence-electron chi connectivity index (χ0n) is 14.2. The Kier molecular flexibility index (Phi) is 4.24. The molecule has 2 saturated heterocycles. The Labute approximate surface area is 142 Å². The van der Waals surface area contributed by atoms with E-state index in [4.69, 9.17) is 4.74 Å². The Balaban J connectivity index is 1.47. The molecule has 1 atom stereocenters. The van der Waals surface area contributed by atoms with Crippen molar-refractivity contribution in [3.05, 3.63) is 30.6 Å². The number of anilines is 1. The normalized spacial score (nSPS) is 23.3. The summed E-state index contributed by atoms with van der Waals surface area (Å²) in [5, 5.41) is 11.7. The van der Waals surface area contributed by atoms with Crippen LogP contribution in [0.5, 0.6) is 0 Å². The fraction of sp³-hybridized carbons (Fsp3) is 0.556. The quantitative estimate of drug-likeness (QED) is 0.903. The van der Waals surface area contributed by atoms with Crippen LogP contribution in [0.3, 0.4) is 0 Å². The number of benzene rings is 1. The molecule has 3 heterocycles. The molecule has 0 saturated carbocycles. The van der Waals surface area contributed by atoms with E-state index in [9.17, 15) is 0 Å². The maximum Gasteiger partial charge on any atom is 0.181 e. The van der Waals surface area contributed by atoms with Gasteiger partial charge >= 0.3 is 0 Å². The summed E-state index contributed by atoms with van der Waals surface area (Å²) in [6.07, 6.45) is 5.26. The Hall–Kier alpha value is -1.92. The molecule has 6 heteroatoms. The van der Waals surface area contributed by atoms with Gasteiger partial charge in [-0.2, -0.15) is 5.10 Å². The molecular weight excluding hydrogens is 302 g/mol. The zero-order valence-corrected chi connectivity index (χ0v) is 14.2. The molecule has 2 aromatic rings. The Morgan fingerprint density at radius 3 is 3.00 bits per heavy atom. The predicted molar refractivity (Wildman–Crippen MR) is 93.8 cm³/mol. The van der Waals surface area contributed by atoms with E-state index in [0.717, 1.165) is 56.2 Å². The summed E-state index contributed by atoms with van der Waals surface area (Å²) < 4.78 is 7.28. The number of hydrogen-bond donors (Lipinski definition) is 2. The summed E-state index contributed by atoms with van der Waals surface area (Å²) >= 11 is 0. The molecule has 1 aromatic carbocycles. The smallest absolute Gasteiger partial charge is 0.181 e. The number of piperidine rings is 1. The molecule has 1 spiro atoms. The van der Waals surface area contributed by atoms with Crippen LogP contribution in [0, 0.1) is 5.41 Å². The van der Waals surface area contributed by atoms with Crippen LogP contribution in [-0.2, 0) is 11.8 Å². The number of aromatic nitrogens is 3. The highest BCUT2D eigenvalue weighted by atomic mass is 16.5. The van der Waals surface area contributed by atoms with Crippen molar-refractivity contribution in [2.45, 2.75) is 25.3 Å². The number of aryl methyl sites for hydroxylation is 1. The Bertz CT molecular complexity index is 687. The van der Waals surface area contributed by atoms with Crippen molar-refractivity contribution in [3.63, 3.8) is 0 Å². The molecule has 0 amide bonds. The molecule has 2 aliphatic rings. The second kappa shape index (κ2) is 6.53. The summed E-state index contributed by atoms with van der Waals surface area (Å²) in [5.74, 6) is 0.767. The standard InChI is InChI=1S/C18H25N5O/c1-23-13-20-17(22-23)14-3-2-4-15(9-14)21-16-10-18(12-19-11-16)5-7-24-8-6-18/h2-4,9,13,16,19,21H,5-8,10-12H2,1H3. The third-order valence-electron chi connectivity index (χ3n) is 5.21. The summed E-state index contributed by atoms with van der Waals surface area (Å²) in [7, 11) is 1.89. The topological polar surface area (TPSA) is 64.0 Å². The first-order valence-electron chi connectivity index (χ1n) is 8.74. The maximum atomic E-state index is 5.55. The first-order valence-corrected chi connectivity index (χ1v) is 8.74. The minimum Gasteiger partial charge on any atom is -0.381 e. The van der Waals surface area contributed by atoms with Crippen molar-refractivity contribution in [3.8, 4) is 11.4 Å². The molecule has 1 unspecified atom stereocenters. The van der Waals surface area contributed by atoms with Gasteiger partial charge in [-0.3, -0.25) is 4.68 Å². The van der Waals surface area contributed by atoms with E-state index in [1.165, 1.54) is 6.42 Å². The van der Waals surface area contributed by atoms with Gasteiger partial charge in [0.05, 0.1) is 0 Å².